The van der Waals surface area contributed by atoms with Crippen molar-refractivity contribution in [2.75, 3.05) is 32.7 Å². The molecule has 13 heteroatoms. The monoisotopic (exact) mass is 601 g/mol. The summed E-state index contributed by atoms with van der Waals surface area (Å²) in [7, 11) is 0. The lowest BCUT2D eigenvalue weighted by molar-refractivity contribution is -0.151. The van der Waals surface area contributed by atoms with Crippen molar-refractivity contribution in [2.24, 2.45) is 5.41 Å². The summed E-state index contributed by atoms with van der Waals surface area (Å²) < 4.78 is 5.80. The molecule has 0 aliphatic carbocycles. The summed E-state index contributed by atoms with van der Waals surface area (Å²) in [5.41, 5.74) is 0.328. The quantitative estimate of drug-likeness (QED) is 0.290. The molecule has 4 heterocycles. The molecule has 4 aliphatic heterocycles. The third kappa shape index (κ3) is 6.95. The van der Waals surface area contributed by atoms with E-state index in [1.807, 2.05) is 25.7 Å². The maximum absolute atomic E-state index is 14.1. The molecule has 0 aromatic heterocycles. The van der Waals surface area contributed by atoms with Crippen LogP contribution < -0.4 is 10.6 Å². The fourth-order valence-corrected chi connectivity index (χ4v) is 6.53. The van der Waals surface area contributed by atoms with Gasteiger partial charge in [0.2, 0.25) is 23.6 Å². The van der Waals surface area contributed by atoms with Gasteiger partial charge in [-0.1, -0.05) is 39.0 Å². The van der Waals surface area contributed by atoms with Crippen molar-refractivity contribution in [3.05, 3.63) is 29.8 Å². The highest BCUT2D eigenvalue weighted by Crippen LogP contribution is 2.29. The van der Waals surface area contributed by atoms with Gasteiger partial charge in [0.25, 0.3) is 0 Å². The molecule has 43 heavy (non-hydrogen) atoms. The van der Waals surface area contributed by atoms with Gasteiger partial charge in [-0.15, -0.1) is 0 Å². The molecular weight excluding hydrogens is 558 g/mol. The van der Waals surface area contributed by atoms with E-state index in [-0.39, 0.29) is 74.5 Å². The molecule has 5 N–H and O–H groups in total. The second-order valence-electron chi connectivity index (χ2n) is 13.3. The van der Waals surface area contributed by atoms with Crippen LogP contribution in [0.15, 0.2) is 24.3 Å². The van der Waals surface area contributed by atoms with E-state index in [9.17, 15) is 34.5 Å². The Kier molecular flexibility index (Phi) is 8.98. The van der Waals surface area contributed by atoms with Crippen molar-refractivity contribution in [1.82, 2.24) is 25.3 Å². The number of aromatic hydroxyl groups is 1. The standard InChI is InChI=1S/C30H43N5O8/c1-30(2,3)12-25(38)35-9-8-33-16-20(35)28(41)31-13-23-27(40)26(39)22(43-23)11-24(37)32-18-10-19(29(33)42)34(15-18)14-17-6-4-5-7-21(17)36/h4-7,18-20,22-23,26-27,36,39-40H,8-16H2,1-3H3,(H,31,41)(H,32,37)/t18-,19-,20-,22-,23+,26-,27+/m0/s1. The molecule has 5 rings (SSSR count). The average Bonchev–Trinajstić information content (AvgIpc) is 3.45. The van der Waals surface area contributed by atoms with Crippen molar-refractivity contribution in [3.8, 4) is 5.75 Å². The molecule has 236 valence electrons. The van der Waals surface area contributed by atoms with Gasteiger partial charge in [0.1, 0.15) is 30.1 Å². The number of likely N-dealkylation sites (tertiary alicyclic amines) is 1. The van der Waals surface area contributed by atoms with Crippen LogP contribution in [-0.2, 0) is 30.5 Å². The lowest BCUT2D eigenvalue weighted by atomic mass is 9.91. The Labute approximate surface area is 251 Å². The first kappa shape index (κ1) is 31.2. The maximum Gasteiger partial charge on any atom is 0.244 e. The van der Waals surface area contributed by atoms with Crippen LogP contribution in [0.3, 0.4) is 0 Å². The van der Waals surface area contributed by atoms with Crippen molar-refractivity contribution in [2.45, 2.75) is 89.1 Å². The largest absolute Gasteiger partial charge is 0.508 e. The number of carbonyl (C=O) groups excluding carboxylic acids is 4. The first-order chi connectivity index (χ1) is 20.3. The first-order valence-electron chi connectivity index (χ1n) is 15.0. The van der Waals surface area contributed by atoms with Crippen LogP contribution in [0.1, 0.15) is 45.6 Å². The number of nitrogens with zero attached hydrogens (tertiary/aromatic N) is 3. The number of phenols is 1. The van der Waals surface area contributed by atoms with Gasteiger partial charge in [0.15, 0.2) is 0 Å². The molecule has 1 aromatic carbocycles. The minimum Gasteiger partial charge on any atom is -0.508 e. The van der Waals surface area contributed by atoms with Crippen LogP contribution in [-0.4, -0.2) is 129 Å². The zero-order chi connectivity index (χ0) is 31.1. The summed E-state index contributed by atoms with van der Waals surface area (Å²) in [6, 6.07) is 4.88. The molecule has 6 bridgehead atoms. The van der Waals surface area contributed by atoms with E-state index in [0.29, 0.717) is 18.5 Å². The van der Waals surface area contributed by atoms with E-state index < -0.39 is 48.4 Å². The molecule has 7 atom stereocenters. The van der Waals surface area contributed by atoms with Crippen LogP contribution in [0, 0.1) is 5.41 Å². The smallest absolute Gasteiger partial charge is 0.244 e. The van der Waals surface area contributed by atoms with Crippen LogP contribution in [0.4, 0.5) is 0 Å². The second kappa shape index (κ2) is 12.4. The number of para-hydroxylation sites is 1. The van der Waals surface area contributed by atoms with Crippen molar-refractivity contribution in [1.29, 1.82) is 0 Å². The van der Waals surface area contributed by atoms with Crippen LogP contribution in [0.25, 0.3) is 0 Å². The zero-order valence-corrected chi connectivity index (χ0v) is 24.9. The van der Waals surface area contributed by atoms with E-state index in [0.717, 1.165) is 0 Å². The SMILES string of the molecule is CC(C)(C)CC(=O)N1CCN2C[C@H]1C(=O)NC[C@H]1O[C@@H](CC(=O)N[C@H]3C[C@@H](C2=O)N(Cc2ccccc2O)C3)[C@H](O)[C@@H]1O. The molecule has 0 unspecified atom stereocenters. The van der Waals surface area contributed by atoms with Gasteiger partial charge < -0.3 is 40.5 Å². The summed E-state index contributed by atoms with van der Waals surface area (Å²) in [5, 5.41) is 37.3. The Morgan fingerprint density at radius 2 is 1.74 bits per heavy atom. The molecule has 4 fully saturated rings. The molecule has 0 radical (unpaired) electrons. The lowest BCUT2D eigenvalue weighted by Crippen LogP contribution is -2.63. The second-order valence-corrected chi connectivity index (χ2v) is 13.3. The number of phenolic OH excluding ortho intramolecular Hbond substituents is 1. The number of aliphatic hydroxyl groups is 2. The highest BCUT2D eigenvalue weighted by molar-refractivity contribution is 5.90. The molecule has 0 saturated carbocycles. The number of amides is 4. The van der Waals surface area contributed by atoms with Gasteiger partial charge >= 0.3 is 0 Å². The topological polar surface area (TPSA) is 172 Å². The zero-order valence-electron chi connectivity index (χ0n) is 24.9. The minimum absolute atomic E-state index is 0.0160. The number of fused-ring (bicyclic) bond motifs is 6. The Hall–Kier alpha value is -3.26. The summed E-state index contributed by atoms with van der Waals surface area (Å²) >= 11 is 0. The Morgan fingerprint density at radius 3 is 2.47 bits per heavy atom. The van der Waals surface area contributed by atoms with Gasteiger partial charge in [0, 0.05) is 50.7 Å². The normalized spacial score (nSPS) is 32.5. The fraction of sp³-hybridized carbons (Fsp3) is 0.667. The molecule has 1 aromatic rings. The van der Waals surface area contributed by atoms with E-state index in [1.54, 1.807) is 29.2 Å². The number of piperazine rings is 1. The van der Waals surface area contributed by atoms with E-state index in [1.165, 1.54) is 4.90 Å². The number of ether oxygens (including phenoxy) is 1. The Bertz CT molecular complexity index is 1240. The number of benzene rings is 1. The molecular formula is C30H43N5O8. The van der Waals surface area contributed by atoms with E-state index >= 15 is 0 Å². The van der Waals surface area contributed by atoms with Gasteiger partial charge in [-0.05, 0) is 17.9 Å². The van der Waals surface area contributed by atoms with Crippen molar-refractivity contribution in [3.63, 3.8) is 0 Å². The van der Waals surface area contributed by atoms with Crippen LogP contribution in [0.2, 0.25) is 0 Å². The van der Waals surface area contributed by atoms with E-state index in [2.05, 4.69) is 10.6 Å². The number of nitrogens with one attached hydrogen (secondary N) is 2. The number of hydrogen-bond acceptors (Lipinski definition) is 9. The van der Waals surface area contributed by atoms with Crippen molar-refractivity contribution >= 4 is 23.6 Å². The van der Waals surface area contributed by atoms with Gasteiger partial charge in [-0.3, -0.25) is 24.1 Å². The Balaban J connectivity index is 1.44. The molecule has 4 aliphatic rings. The lowest BCUT2D eigenvalue weighted by Gasteiger charge is -2.42. The predicted octanol–water partition coefficient (Wildman–Crippen LogP) is -1.06. The summed E-state index contributed by atoms with van der Waals surface area (Å²) in [6.07, 6.45) is -4.25. The predicted molar refractivity (Wildman–Crippen MR) is 153 cm³/mol. The maximum atomic E-state index is 14.1. The van der Waals surface area contributed by atoms with E-state index in [4.69, 9.17) is 4.74 Å². The minimum atomic E-state index is -1.33. The van der Waals surface area contributed by atoms with Crippen LogP contribution >= 0.6 is 0 Å². The molecule has 4 amide bonds. The molecule has 4 saturated heterocycles. The highest BCUT2D eigenvalue weighted by Gasteiger charge is 2.47. The third-order valence-corrected chi connectivity index (χ3v) is 8.74. The van der Waals surface area contributed by atoms with Gasteiger partial charge in [-0.25, -0.2) is 0 Å². The number of hydrogen-bond donors (Lipinski definition) is 5. The third-order valence-electron chi connectivity index (χ3n) is 8.74. The summed E-state index contributed by atoms with van der Waals surface area (Å²) in [5.74, 6) is -1.18. The van der Waals surface area contributed by atoms with Crippen molar-refractivity contribution < 1.29 is 39.2 Å². The number of aliphatic hydroxyl groups excluding tert-OH is 2. The number of carbonyl (C=O) groups is 4. The molecule has 0 spiro atoms. The first-order valence-corrected chi connectivity index (χ1v) is 15.0. The highest BCUT2D eigenvalue weighted by atomic mass is 16.5. The fourth-order valence-electron chi connectivity index (χ4n) is 6.53. The van der Waals surface area contributed by atoms with Gasteiger partial charge in [0.05, 0.1) is 25.1 Å². The molecule has 13 nitrogen and oxygen atoms in total. The Morgan fingerprint density at radius 1 is 1.02 bits per heavy atom. The number of rotatable bonds is 3. The summed E-state index contributed by atoms with van der Waals surface area (Å²) in [6.45, 7) is 6.70. The van der Waals surface area contributed by atoms with Crippen LogP contribution in [0.5, 0.6) is 5.75 Å². The summed E-state index contributed by atoms with van der Waals surface area (Å²) in [4.78, 5) is 59.0. The van der Waals surface area contributed by atoms with Gasteiger partial charge in [-0.2, -0.15) is 0 Å². The average molecular weight is 602 g/mol.